The van der Waals surface area contributed by atoms with E-state index < -0.39 is 0 Å². The first-order chi connectivity index (χ1) is 5.93. The minimum absolute atomic E-state index is 0.111. The van der Waals surface area contributed by atoms with Crippen molar-refractivity contribution < 1.29 is 4.79 Å². The van der Waals surface area contributed by atoms with Gasteiger partial charge in [-0.1, -0.05) is 27.2 Å². The van der Waals surface area contributed by atoms with Crippen LogP contribution in [0.5, 0.6) is 0 Å². The van der Waals surface area contributed by atoms with Crippen molar-refractivity contribution in [3.63, 3.8) is 0 Å². The van der Waals surface area contributed by atoms with Crippen LogP contribution < -0.4 is 5.73 Å². The molecule has 3 heteroatoms. The molecule has 78 valence electrons. The molecule has 0 atom stereocenters. The molecule has 2 N–H and O–H groups in total. The summed E-state index contributed by atoms with van der Waals surface area (Å²) in [5, 5.41) is 0. The average molecular weight is 186 g/mol. The predicted octanol–water partition coefficient (Wildman–Crippen LogP) is 1.23. The molecular weight excluding hydrogens is 164 g/mol. The van der Waals surface area contributed by atoms with Crippen LogP contribution in [0.2, 0.25) is 0 Å². The zero-order chi connectivity index (χ0) is 10.5. The second-order valence-corrected chi connectivity index (χ2v) is 4.30. The summed E-state index contributed by atoms with van der Waals surface area (Å²) in [4.78, 5) is 13.3. The Balaban J connectivity index is 3.99. The van der Waals surface area contributed by atoms with Crippen LogP contribution in [-0.2, 0) is 4.79 Å². The monoisotopic (exact) mass is 186 g/mol. The zero-order valence-electron chi connectivity index (χ0n) is 9.26. The molecule has 0 saturated carbocycles. The van der Waals surface area contributed by atoms with Gasteiger partial charge in [-0.05, 0) is 5.41 Å². The summed E-state index contributed by atoms with van der Waals surface area (Å²) in [5.41, 5.74) is 5.48. The molecule has 0 aromatic carbocycles. The molecule has 0 radical (unpaired) electrons. The Morgan fingerprint density at radius 3 is 2.38 bits per heavy atom. The van der Waals surface area contributed by atoms with Crippen LogP contribution in [0.3, 0.4) is 0 Å². The van der Waals surface area contributed by atoms with Crippen molar-refractivity contribution >= 4 is 5.91 Å². The molecule has 0 heterocycles. The highest BCUT2D eigenvalue weighted by atomic mass is 16.2. The van der Waals surface area contributed by atoms with E-state index >= 15 is 0 Å². The minimum atomic E-state index is 0.111. The molecule has 0 rings (SSSR count). The Bertz CT molecular complexity index is 166. The highest BCUT2D eigenvalue weighted by molar-refractivity contribution is 5.76. The van der Waals surface area contributed by atoms with Gasteiger partial charge in [0.1, 0.15) is 0 Å². The van der Waals surface area contributed by atoms with Gasteiger partial charge in [0.25, 0.3) is 0 Å². The Morgan fingerprint density at radius 2 is 2.00 bits per heavy atom. The highest BCUT2D eigenvalue weighted by Crippen LogP contribution is 2.24. The normalized spacial score (nSPS) is 11.5. The van der Waals surface area contributed by atoms with Crippen LogP contribution in [-0.4, -0.2) is 30.9 Å². The Labute approximate surface area is 81.3 Å². The molecule has 0 spiro atoms. The van der Waals surface area contributed by atoms with Gasteiger partial charge in [-0.15, -0.1) is 0 Å². The second-order valence-electron chi connectivity index (χ2n) is 4.30. The third kappa shape index (κ3) is 4.88. The topological polar surface area (TPSA) is 46.3 Å². The lowest BCUT2D eigenvalue weighted by Crippen LogP contribution is -2.34. The van der Waals surface area contributed by atoms with Crippen molar-refractivity contribution in [1.82, 2.24) is 4.90 Å². The van der Waals surface area contributed by atoms with Gasteiger partial charge in [-0.25, -0.2) is 0 Å². The number of carbonyl (C=O) groups is 1. The number of nitrogens with two attached hydrogens (primary N) is 1. The van der Waals surface area contributed by atoms with E-state index in [9.17, 15) is 4.79 Å². The summed E-state index contributed by atoms with van der Waals surface area (Å²) in [5.74, 6) is 0.192. The fourth-order valence-electron chi connectivity index (χ4n) is 0.988. The zero-order valence-corrected chi connectivity index (χ0v) is 9.26. The first kappa shape index (κ1) is 12.4. The van der Waals surface area contributed by atoms with Crippen molar-refractivity contribution in [3.05, 3.63) is 0 Å². The number of hydrogen-bond acceptors (Lipinski definition) is 2. The third-order valence-electron chi connectivity index (χ3n) is 2.48. The molecular formula is C10H22N2O. The van der Waals surface area contributed by atoms with Crippen LogP contribution in [0.15, 0.2) is 0 Å². The van der Waals surface area contributed by atoms with Gasteiger partial charge < -0.3 is 10.6 Å². The number of nitrogens with zero attached hydrogens (tertiary/aromatic N) is 1. The maximum atomic E-state index is 11.6. The van der Waals surface area contributed by atoms with Crippen LogP contribution in [0, 0.1) is 5.41 Å². The van der Waals surface area contributed by atoms with Crippen LogP contribution in [0.4, 0.5) is 0 Å². The number of rotatable bonds is 5. The van der Waals surface area contributed by atoms with E-state index in [1.54, 1.807) is 11.9 Å². The van der Waals surface area contributed by atoms with Crippen molar-refractivity contribution in [2.75, 3.05) is 20.1 Å². The number of carbonyl (C=O) groups excluding carboxylic acids is 1. The maximum Gasteiger partial charge on any atom is 0.222 e. The molecule has 0 bridgehead atoms. The smallest absolute Gasteiger partial charge is 0.222 e. The molecule has 0 aromatic rings. The van der Waals surface area contributed by atoms with E-state index in [-0.39, 0.29) is 11.3 Å². The Morgan fingerprint density at radius 1 is 1.46 bits per heavy atom. The Kier molecular flexibility index (Phi) is 4.99. The van der Waals surface area contributed by atoms with Gasteiger partial charge >= 0.3 is 0 Å². The third-order valence-corrected chi connectivity index (χ3v) is 2.48. The van der Waals surface area contributed by atoms with E-state index in [1.165, 1.54) is 0 Å². The molecule has 0 saturated heterocycles. The SMILES string of the molecule is CCC(C)(C)CC(=O)N(C)CCN. The molecule has 3 nitrogen and oxygen atoms in total. The van der Waals surface area contributed by atoms with E-state index in [0.717, 1.165) is 6.42 Å². The van der Waals surface area contributed by atoms with E-state index in [0.29, 0.717) is 19.5 Å². The predicted molar refractivity (Wildman–Crippen MR) is 55.4 cm³/mol. The van der Waals surface area contributed by atoms with Gasteiger partial charge in [0.15, 0.2) is 0 Å². The second kappa shape index (κ2) is 5.22. The van der Waals surface area contributed by atoms with Crippen LogP contribution in [0.25, 0.3) is 0 Å². The lowest BCUT2D eigenvalue weighted by Gasteiger charge is -2.25. The molecule has 0 aliphatic carbocycles. The van der Waals surface area contributed by atoms with E-state index in [2.05, 4.69) is 20.8 Å². The highest BCUT2D eigenvalue weighted by Gasteiger charge is 2.21. The van der Waals surface area contributed by atoms with Gasteiger partial charge in [0.2, 0.25) is 5.91 Å². The average Bonchev–Trinajstić information content (AvgIpc) is 2.04. The maximum absolute atomic E-state index is 11.6. The number of amides is 1. The van der Waals surface area contributed by atoms with Gasteiger partial charge in [-0.2, -0.15) is 0 Å². The first-order valence-electron chi connectivity index (χ1n) is 4.87. The van der Waals surface area contributed by atoms with Crippen molar-refractivity contribution in [1.29, 1.82) is 0 Å². The summed E-state index contributed by atoms with van der Waals surface area (Å²) in [6.45, 7) is 7.52. The molecule has 0 aromatic heterocycles. The van der Waals surface area contributed by atoms with E-state index in [4.69, 9.17) is 5.73 Å². The fraction of sp³-hybridized carbons (Fsp3) is 0.900. The lowest BCUT2D eigenvalue weighted by molar-refractivity contribution is -0.131. The quantitative estimate of drug-likeness (QED) is 0.702. The Hall–Kier alpha value is -0.570. The van der Waals surface area contributed by atoms with Crippen molar-refractivity contribution in [3.8, 4) is 0 Å². The number of likely N-dealkylation sites (N-methyl/N-ethyl adjacent to an activating group) is 1. The first-order valence-corrected chi connectivity index (χ1v) is 4.87. The van der Waals surface area contributed by atoms with E-state index in [1.807, 2.05) is 0 Å². The standard InChI is InChI=1S/C10H22N2O/c1-5-10(2,3)8-9(13)12(4)7-6-11/h5-8,11H2,1-4H3. The molecule has 1 amide bonds. The van der Waals surface area contributed by atoms with Gasteiger partial charge in [-0.3, -0.25) is 4.79 Å². The molecule has 13 heavy (non-hydrogen) atoms. The summed E-state index contributed by atoms with van der Waals surface area (Å²) >= 11 is 0. The lowest BCUT2D eigenvalue weighted by atomic mass is 9.86. The largest absolute Gasteiger partial charge is 0.344 e. The van der Waals surface area contributed by atoms with Crippen molar-refractivity contribution in [2.24, 2.45) is 11.1 Å². The van der Waals surface area contributed by atoms with Crippen LogP contribution >= 0.6 is 0 Å². The molecule has 0 aliphatic heterocycles. The molecule has 0 fully saturated rings. The molecule has 0 unspecified atom stereocenters. The van der Waals surface area contributed by atoms with Gasteiger partial charge in [0.05, 0.1) is 0 Å². The van der Waals surface area contributed by atoms with Gasteiger partial charge in [0, 0.05) is 26.6 Å². The fourth-order valence-corrected chi connectivity index (χ4v) is 0.988. The summed E-state index contributed by atoms with van der Waals surface area (Å²) in [6, 6.07) is 0. The van der Waals surface area contributed by atoms with Crippen LogP contribution in [0.1, 0.15) is 33.6 Å². The summed E-state index contributed by atoms with van der Waals surface area (Å²) in [7, 11) is 1.81. The number of hydrogen-bond donors (Lipinski definition) is 1. The minimum Gasteiger partial charge on any atom is -0.344 e. The van der Waals surface area contributed by atoms with Crippen molar-refractivity contribution in [2.45, 2.75) is 33.6 Å². The molecule has 0 aliphatic rings. The summed E-state index contributed by atoms with van der Waals surface area (Å²) in [6.07, 6.45) is 1.63. The summed E-state index contributed by atoms with van der Waals surface area (Å²) < 4.78 is 0.